The van der Waals surface area contributed by atoms with Gasteiger partial charge in [-0.1, -0.05) is 40.2 Å². The maximum atomic E-state index is 12.0. The molecule has 0 radical (unpaired) electrons. The van der Waals surface area contributed by atoms with Gasteiger partial charge in [0.1, 0.15) is 0 Å². The second-order valence-corrected chi connectivity index (χ2v) is 6.83. The lowest BCUT2D eigenvalue weighted by atomic mass is 10.1. The van der Waals surface area contributed by atoms with Crippen molar-refractivity contribution in [1.82, 2.24) is 0 Å². The van der Waals surface area contributed by atoms with Crippen molar-refractivity contribution in [3.63, 3.8) is 0 Å². The van der Waals surface area contributed by atoms with Gasteiger partial charge in [0.2, 0.25) is 5.91 Å². The Morgan fingerprint density at radius 2 is 1.90 bits per heavy atom. The number of anilines is 1. The first-order valence-electron chi connectivity index (χ1n) is 6.74. The third-order valence-electron chi connectivity index (χ3n) is 3.21. The molecular formula is C17H18BrNOS. The van der Waals surface area contributed by atoms with Gasteiger partial charge in [0.15, 0.2) is 0 Å². The molecule has 0 aromatic heterocycles. The third kappa shape index (κ3) is 4.90. The minimum absolute atomic E-state index is 0.0407. The lowest BCUT2D eigenvalue weighted by Crippen LogP contribution is -2.15. The fourth-order valence-corrected chi connectivity index (χ4v) is 3.36. The Morgan fingerprint density at radius 3 is 2.62 bits per heavy atom. The molecule has 0 saturated heterocycles. The molecule has 4 heteroatoms. The van der Waals surface area contributed by atoms with Gasteiger partial charge < -0.3 is 5.32 Å². The molecule has 0 aliphatic rings. The van der Waals surface area contributed by atoms with E-state index in [1.807, 2.05) is 37.3 Å². The predicted octanol–water partition coefficient (Wildman–Crippen LogP) is 4.94. The van der Waals surface area contributed by atoms with Crippen LogP contribution in [0.15, 0.2) is 46.9 Å². The van der Waals surface area contributed by atoms with Crippen LogP contribution in [0, 0.1) is 13.8 Å². The minimum Gasteiger partial charge on any atom is -0.325 e. The van der Waals surface area contributed by atoms with E-state index in [9.17, 15) is 4.79 Å². The molecule has 2 aromatic rings. The molecule has 0 bridgehead atoms. The van der Waals surface area contributed by atoms with Gasteiger partial charge in [0.05, 0.1) is 5.75 Å². The summed E-state index contributed by atoms with van der Waals surface area (Å²) in [6.45, 7) is 4.09. The second-order valence-electron chi connectivity index (χ2n) is 4.93. The van der Waals surface area contributed by atoms with Crippen LogP contribution < -0.4 is 5.32 Å². The number of hydrogen-bond donors (Lipinski definition) is 1. The van der Waals surface area contributed by atoms with E-state index in [4.69, 9.17) is 0 Å². The number of nitrogens with one attached hydrogen (secondary N) is 1. The molecule has 21 heavy (non-hydrogen) atoms. The zero-order valence-electron chi connectivity index (χ0n) is 12.2. The van der Waals surface area contributed by atoms with E-state index in [0.717, 1.165) is 21.5 Å². The molecule has 2 rings (SSSR count). The topological polar surface area (TPSA) is 29.1 Å². The molecule has 0 fully saturated rings. The number of aryl methyl sites for hydroxylation is 2. The standard InChI is InChI=1S/C17H18BrNOS/c1-12-5-3-4-6-14(12)10-21-11-17(20)19-16-8-7-15(18)9-13(16)2/h3-9H,10-11H2,1-2H3,(H,19,20). The van der Waals surface area contributed by atoms with Crippen LogP contribution in [0.3, 0.4) is 0 Å². The van der Waals surface area contributed by atoms with Gasteiger partial charge in [0.25, 0.3) is 0 Å². The van der Waals surface area contributed by atoms with Gasteiger partial charge in [0, 0.05) is 15.9 Å². The minimum atomic E-state index is 0.0407. The lowest BCUT2D eigenvalue weighted by molar-refractivity contribution is -0.113. The number of benzene rings is 2. The second kappa shape index (κ2) is 7.66. The quantitative estimate of drug-likeness (QED) is 0.814. The molecule has 1 N–H and O–H groups in total. The van der Waals surface area contributed by atoms with Crippen molar-refractivity contribution in [2.75, 3.05) is 11.1 Å². The number of thioether (sulfide) groups is 1. The Labute approximate surface area is 138 Å². The summed E-state index contributed by atoms with van der Waals surface area (Å²) in [4.78, 5) is 12.0. The van der Waals surface area contributed by atoms with Gasteiger partial charge in [-0.2, -0.15) is 0 Å². The highest BCUT2D eigenvalue weighted by molar-refractivity contribution is 9.10. The van der Waals surface area contributed by atoms with E-state index in [2.05, 4.69) is 40.3 Å². The molecular weight excluding hydrogens is 346 g/mol. The summed E-state index contributed by atoms with van der Waals surface area (Å²) in [7, 11) is 0. The SMILES string of the molecule is Cc1ccccc1CSCC(=O)Nc1ccc(Br)cc1C. The number of halogens is 1. The molecule has 0 saturated carbocycles. The van der Waals surface area contributed by atoms with Gasteiger partial charge in [-0.15, -0.1) is 11.8 Å². The van der Waals surface area contributed by atoms with E-state index in [-0.39, 0.29) is 5.91 Å². The zero-order chi connectivity index (χ0) is 15.2. The van der Waals surface area contributed by atoms with E-state index < -0.39 is 0 Å². The molecule has 0 spiro atoms. The summed E-state index contributed by atoms with van der Waals surface area (Å²) in [6, 6.07) is 14.1. The first-order valence-corrected chi connectivity index (χ1v) is 8.69. The molecule has 0 atom stereocenters. The molecule has 0 aliphatic heterocycles. The van der Waals surface area contributed by atoms with E-state index in [1.165, 1.54) is 11.1 Å². The summed E-state index contributed by atoms with van der Waals surface area (Å²) < 4.78 is 1.02. The van der Waals surface area contributed by atoms with Crippen molar-refractivity contribution >= 4 is 39.3 Å². The summed E-state index contributed by atoms with van der Waals surface area (Å²) in [5.41, 5.74) is 4.49. The average molecular weight is 364 g/mol. The Balaban J connectivity index is 1.84. The van der Waals surface area contributed by atoms with Crippen molar-refractivity contribution in [3.05, 3.63) is 63.6 Å². The van der Waals surface area contributed by atoms with Crippen LogP contribution in [-0.2, 0) is 10.5 Å². The number of carbonyl (C=O) groups excluding carboxylic acids is 1. The van der Waals surface area contributed by atoms with E-state index in [0.29, 0.717) is 5.75 Å². The molecule has 0 aliphatic carbocycles. The van der Waals surface area contributed by atoms with Gasteiger partial charge in [-0.05, 0) is 48.7 Å². The largest absolute Gasteiger partial charge is 0.325 e. The molecule has 1 amide bonds. The summed E-state index contributed by atoms with van der Waals surface area (Å²) in [6.07, 6.45) is 0. The lowest BCUT2D eigenvalue weighted by Gasteiger charge is -2.09. The molecule has 2 aromatic carbocycles. The van der Waals surface area contributed by atoms with Crippen molar-refractivity contribution in [3.8, 4) is 0 Å². The summed E-state index contributed by atoms with van der Waals surface area (Å²) in [5.74, 6) is 1.36. The first kappa shape index (κ1) is 16.1. The fraction of sp³-hybridized carbons (Fsp3) is 0.235. The Morgan fingerprint density at radius 1 is 1.14 bits per heavy atom. The van der Waals surface area contributed by atoms with Crippen molar-refractivity contribution < 1.29 is 4.79 Å². The maximum absolute atomic E-state index is 12.0. The molecule has 2 nitrogen and oxygen atoms in total. The van der Waals surface area contributed by atoms with Crippen molar-refractivity contribution in [1.29, 1.82) is 0 Å². The Bertz CT molecular complexity index is 642. The molecule has 0 heterocycles. The number of carbonyl (C=O) groups is 1. The molecule has 0 unspecified atom stereocenters. The first-order chi connectivity index (χ1) is 10.1. The highest BCUT2D eigenvalue weighted by atomic mass is 79.9. The van der Waals surface area contributed by atoms with Crippen LogP contribution in [0.2, 0.25) is 0 Å². The van der Waals surface area contributed by atoms with Crippen LogP contribution >= 0.6 is 27.7 Å². The van der Waals surface area contributed by atoms with Crippen molar-refractivity contribution in [2.24, 2.45) is 0 Å². The highest BCUT2D eigenvalue weighted by Crippen LogP contribution is 2.21. The fourth-order valence-electron chi connectivity index (χ4n) is 1.98. The molecule has 110 valence electrons. The van der Waals surface area contributed by atoms with Crippen LogP contribution in [0.25, 0.3) is 0 Å². The Kier molecular flexibility index (Phi) is 5.88. The third-order valence-corrected chi connectivity index (χ3v) is 4.69. The highest BCUT2D eigenvalue weighted by Gasteiger charge is 2.06. The van der Waals surface area contributed by atoms with E-state index >= 15 is 0 Å². The summed E-state index contributed by atoms with van der Waals surface area (Å²) in [5, 5.41) is 2.96. The van der Waals surface area contributed by atoms with Crippen LogP contribution in [0.1, 0.15) is 16.7 Å². The smallest absolute Gasteiger partial charge is 0.234 e. The predicted molar refractivity (Wildman–Crippen MR) is 94.8 cm³/mol. The Hall–Kier alpha value is -1.26. The van der Waals surface area contributed by atoms with Crippen LogP contribution in [0.4, 0.5) is 5.69 Å². The normalized spacial score (nSPS) is 10.4. The summed E-state index contributed by atoms with van der Waals surface area (Å²) >= 11 is 5.06. The van der Waals surface area contributed by atoms with E-state index in [1.54, 1.807) is 11.8 Å². The monoisotopic (exact) mass is 363 g/mol. The number of hydrogen-bond acceptors (Lipinski definition) is 2. The maximum Gasteiger partial charge on any atom is 0.234 e. The van der Waals surface area contributed by atoms with Gasteiger partial charge >= 0.3 is 0 Å². The van der Waals surface area contributed by atoms with Crippen molar-refractivity contribution in [2.45, 2.75) is 19.6 Å². The zero-order valence-corrected chi connectivity index (χ0v) is 14.6. The van der Waals surface area contributed by atoms with Crippen LogP contribution in [0.5, 0.6) is 0 Å². The number of rotatable bonds is 5. The van der Waals surface area contributed by atoms with Crippen LogP contribution in [-0.4, -0.2) is 11.7 Å². The average Bonchev–Trinajstić information content (AvgIpc) is 2.44. The van der Waals surface area contributed by atoms with Gasteiger partial charge in [-0.25, -0.2) is 0 Å². The number of amides is 1. The van der Waals surface area contributed by atoms with Gasteiger partial charge in [-0.3, -0.25) is 4.79 Å².